The van der Waals surface area contributed by atoms with Gasteiger partial charge in [0.25, 0.3) is 0 Å². The van der Waals surface area contributed by atoms with Crippen LogP contribution in [0.25, 0.3) is 0 Å². The van der Waals surface area contributed by atoms with E-state index in [1.54, 1.807) is 7.05 Å². The molecule has 0 saturated heterocycles. The molecule has 26 heavy (non-hydrogen) atoms. The quantitative estimate of drug-likeness (QED) is 0.338. The molecule has 1 aliphatic carbocycles. The molecule has 1 aliphatic rings. The summed E-state index contributed by atoms with van der Waals surface area (Å²) in [5.74, 6) is 1.20. The Morgan fingerprint density at radius 2 is 1.77 bits per heavy atom. The Morgan fingerprint density at radius 1 is 1.12 bits per heavy atom. The van der Waals surface area contributed by atoms with Gasteiger partial charge in [-0.15, -0.1) is 0 Å². The van der Waals surface area contributed by atoms with Gasteiger partial charge in [-0.25, -0.2) is 0 Å². The number of nitrogens with one attached hydrogen (secondary N) is 3. The number of guanidine groups is 1. The van der Waals surface area contributed by atoms with Gasteiger partial charge in [0.2, 0.25) is 5.91 Å². The van der Waals surface area contributed by atoms with Crippen LogP contribution in [0.4, 0.5) is 0 Å². The largest absolute Gasteiger partial charge is 0.355 e. The normalized spacial score (nSPS) is 15.6. The molecule has 6 nitrogen and oxygen atoms in total. The van der Waals surface area contributed by atoms with Crippen LogP contribution in [0.5, 0.6) is 0 Å². The summed E-state index contributed by atoms with van der Waals surface area (Å²) in [5, 5.41) is 9.66. The van der Waals surface area contributed by atoms with Crippen LogP contribution in [-0.4, -0.2) is 56.5 Å². The van der Waals surface area contributed by atoms with E-state index in [2.05, 4.69) is 64.0 Å². The lowest BCUT2D eigenvalue weighted by Gasteiger charge is -2.30. The minimum Gasteiger partial charge on any atom is -0.355 e. The van der Waals surface area contributed by atoms with Crippen LogP contribution in [0.1, 0.15) is 38.3 Å². The molecule has 0 aromatic heterocycles. The van der Waals surface area contributed by atoms with E-state index >= 15 is 0 Å². The van der Waals surface area contributed by atoms with Crippen LogP contribution in [-0.2, 0) is 4.79 Å². The monoisotopic (exact) mass is 359 g/mol. The number of rotatable bonds is 10. The number of likely N-dealkylation sites (N-methyl/N-ethyl adjacent to an activating group) is 1. The molecule has 1 fully saturated rings. The first-order chi connectivity index (χ1) is 12.7. The Kier molecular flexibility index (Phi) is 8.41. The minimum atomic E-state index is 0.181. The maximum Gasteiger partial charge on any atom is 0.223 e. The average molecular weight is 360 g/mol. The standard InChI is InChI=1S/C20H33N5O/c1-4-25(5-2)18(16-9-7-6-8-10-16)15-24-20(21-3)23-14-13-22-19(26)17-11-12-17/h6-10,17-18H,4-5,11-15H2,1-3H3,(H,22,26)(H2,21,23,24). The van der Waals surface area contributed by atoms with Crippen molar-refractivity contribution in [2.24, 2.45) is 10.9 Å². The van der Waals surface area contributed by atoms with Crippen LogP contribution in [0, 0.1) is 5.92 Å². The van der Waals surface area contributed by atoms with Crippen molar-refractivity contribution in [2.75, 3.05) is 39.8 Å². The predicted molar refractivity (Wildman–Crippen MR) is 107 cm³/mol. The van der Waals surface area contributed by atoms with Crippen molar-refractivity contribution in [1.29, 1.82) is 0 Å². The van der Waals surface area contributed by atoms with E-state index < -0.39 is 0 Å². The molecule has 0 radical (unpaired) electrons. The molecule has 1 atom stereocenters. The molecule has 1 aromatic rings. The first-order valence-electron chi connectivity index (χ1n) is 9.70. The molecule has 0 heterocycles. The number of aliphatic imine (C=N–C) groups is 1. The molecule has 1 saturated carbocycles. The Balaban J connectivity index is 1.81. The second-order valence-electron chi connectivity index (χ2n) is 6.59. The second kappa shape index (κ2) is 10.8. The average Bonchev–Trinajstić information content (AvgIpc) is 3.52. The molecule has 3 N–H and O–H groups in total. The third kappa shape index (κ3) is 6.33. The van der Waals surface area contributed by atoms with Crippen LogP contribution in [0.3, 0.4) is 0 Å². The molecular weight excluding hydrogens is 326 g/mol. The summed E-state index contributed by atoms with van der Waals surface area (Å²) < 4.78 is 0. The topological polar surface area (TPSA) is 68.8 Å². The lowest BCUT2D eigenvalue weighted by atomic mass is 10.1. The summed E-state index contributed by atoms with van der Waals surface area (Å²) in [6.45, 7) is 8.44. The third-order valence-electron chi connectivity index (χ3n) is 4.79. The van der Waals surface area contributed by atoms with Gasteiger partial charge in [-0.05, 0) is 31.5 Å². The SMILES string of the molecule is CCN(CC)C(CNC(=NC)NCCNC(=O)C1CC1)c1ccccc1. The van der Waals surface area contributed by atoms with Gasteiger partial charge in [-0.3, -0.25) is 14.7 Å². The fraction of sp³-hybridized carbons (Fsp3) is 0.600. The third-order valence-corrected chi connectivity index (χ3v) is 4.79. The Morgan fingerprint density at radius 3 is 2.35 bits per heavy atom. The van der Waals surface area contributed by atoms with E-state index in [1.165, 1.54) is 5.56 Å². The maximum atomic E-state index is 11.6. The van der Waals surface area contributed by atoms with Gasteiger partial charge < -0.3 is 16.0 Å². The number of carbonyl (C=O) groups is 1. The Bertz CT molecular complexity index is 567. The van der Waals surface area contributed by atoms with E-state index in [0.29, 0.717) is 19.1 Å². The first-order valence-corrected chi connectivity index (χ1v) is 9.70. The van der Waals surface area contributed by atoms with Gasteiger partial charge >= 0.3 is 0 Å². The molecule has 0 spiro atoms. The van der Waals surface area contributed by atoms with Crippen LogP contribution < -0.4 is 16.0 Å². The molecule has 144 valence electrons. The van der Waals surface area contributed by atoms with Crippen LogP contribution >= 0.6 is 0 Å². The van der Waals surface area contributed by atoms with Gasteiger partial charge in [0.15, 0.2) is 5.96 Å². The number of hydrogen-bond acceptors (Lipinski definition) is 3. The minimum absolute atomic E-state index is 0.181. The molecule has 0 bridgehead atoms. The highest BCUT2D eigenvalue weighted by Gasteiger charge is 2.29. The van der Waals surface area contributed by atoms with Gasteiger partial charge in [-0.1, -0.05) is 44.2 Å². The van der Waals surface area contributed by atoms with Crippen molar-refractivity contribution < 1.29 is 4.79 Å². The molecular formula is C20H33N5O. The summed E-state index contributed by atoms with van der Waals surface area (Å²) in [6.07, 6.45) is 2.07. The maximum absolute atomic E-state index is 11.6. The van der Waals surface area contributed by atoms with Crippen LogP contribution in [0.15, 0.2) is 35.3 Å². The number of nitrogens with zero attached hydrogens (tertiary/aromatic N) is 2. The fourth-order valence-corrected chi connectivity index (χ4v) is 3.07. The van der Waals surface area contributed by atoms with E-state index in [1.807, 2.05) is 6.07 Å². The highest BCUT2D eigenvalue weighted by atomic mass is 16.2. The second-order valence-corrected chi connectivity index (χ2v) is 6.59. The van der Waals surface area contributed by atoms with E-state index in [4.69, 9.17) is 0 Å². The zero-order chi connectivity index (χ0) is 18.8. The van der Waals surface area contributed by atoms with Crippen LogP contribution in [0.2, 0.25) is 0 Å². The number of benzene rings is 1. The summed E-state index contributed by atoms with van der Waals surface area (Å²) in [7, 11) is 1.77. The van der Waals surface area contributed by atoms with Gasteiger partial charge in [0.1, 0.15) is 0 Å². The molecule has 6 heteroatoms. The Labute approximate surface area is 157 Å². The lowest BCUT2D eigenvalue weighted by molar-refractivity contribution is -0.122. The molecule has 0 aliphatic heterocycles. The highest BCUT2D eigenvalue weighted by Crippen LogP contribution is 2.28. The van der Waals surface area contributed by atoms with Crippen molar-refractivity contribution in [3.05, 3.63) is 35.9 Å². The summed E-state index contributed by atoms with van der Waals surface area (Å²) >= 11 is 0. The van der Waals surface area contributed by atoms with Crippen molar-refractivity contribution in [1.82, 2.24) is 20.9 Å². The number of hydrogen-bond donors (Lipinski definition) is 3. The van der Waals surface area contributed by atoms with Gasteiger partial charge in [-0.2, -0.15) is 0 Å². The lowest BCUT2D eigenvalue weighted by Crippen LogP contribution is -2.45. The van der Waals surface area contributed by atoms with Crippen molar-refractivity contribution >= 4 is 11.9 Å². The zero-order valence-corrected chi connectivity index (χ0v) is 16.3. The highest BCUT2D eigenvalue weighted by molar-refractivity contribution is 5.81. The molecule has 1 unspecified atom stereocenters. The molecule has 2 rings (SSSR count). The predicted octanol–water partition coefficient (Wildman–Crippen LogP) is 1.76. The summed E-state index contributed by atoms with van der Waals surface area (Å²) in [5.41, 5.74) is 1.30. The summed E-state index contributed by atoms with van der Waals surface area (Å²) in [6, 6.07) is 10.9. The van der Waals surface area contributed by atoms with Crippen molar-refractivity contribution in [3.63, 3.8) is 0 Å². The number of amides is 1. The smallest absolute Gasteiger partial charge is 0.223 e. The zero-order valence-electron chi connectivity index (χ0n) is 16.3. The summed E-state index contributed by atoms with van der Waals surface area (Å²) in [4.78, 5) is 18.4. The number of carbonyl (C=O) groups excluding carboxylic acids is 1. The fourth-order valence-electron chi connectivity index (χ4n) is 3.07. The molecule has 1 aromatic carbocycles. The van der Waals surface area contributed by atoms with Gasteiger partial charge in [0.05, 0.1) is 6.04 Å². The van der Waals surface area contributed by atoms with Gasteiger partial charge in [0, 0.05) is 32.6 Å². The first kappa shape index (κ1) is 20.2. The molecule has 1 amide bonds. The van der Waals surface area contributed by atoms with Crippen molar-refractivity contribution in [2.45, 2.75) is 32.7 Å². The van der Waals surface area contributed by atoms with E-state index in [-0.39, 0.29) is 11.8 Å². The van der Waals surface area contributed by atoms with E-state index in [0.717, 1.165) is 38.4 Å². The van der Waals surface area contributed by atoms with E-state index in [9.17, 15) is 4.79 Å². The van der Waals surface area contributed by atoms with Crippen molar-refractivity contribution in [3.8, 4) is 0 Å². The Hall–Kier alpha value is -2.08.